The molecule has 0 aliphatic heterocycles. The van der Waals surface area contributed by atoms with Crippen LogP contribution in [-0.2, 0) is 4.74 Å². The van der Waals surface area contributed by atoms with Gasteiger partial charge >= 0.3 is 5.97 Å². The summed E-state index contributed by atoms with van der Waals surface area (Å²) < 4.78 is 11.2. The van der Waals surface area contributed by atoms with E-state index < -0.39 is 5.97 Å². The first-order valence-corrected chi connectivity index (χ1v) is 6.31. The van der Waals surface area contributed by atoms with Gasteiger partial charge in [0, 0.05) is 17.0 Å². The molecule has 4 nitrogen and oxygen atoms in total. The molecule has 1 aromatic heterocycles. The number of aromatic nitrogens is 1. The van der Waals surface area contributed by atoms with Gasteiger partial charge in [-0.1, -0.05) is 28.1 Å². The number of nitrogens with zero attached hydrogens (tertiary/aromatic N) is 1. The maximum absolute atomic E-state index is 11.8. The van der Waals surface area contributed by atoms with E-state index in [4.69, 9.17) is 9.15 Å². The maximum Gasteiger partial charge on any atom is 0.376 e. The van der Waals surface area contributed by atoms with Crippen molar-refractivity contribution in [1.82, 2.24) is 4.98 Å². The first-order valence-electron chi connectivity index (χ1n) is 5.52. The predicted molar refractivity (Wildman–Crippen MR) is 70.3 cm³/mol. The van der Waals surface area contributed by atoms with E-state index in [1.54, 1.807) is 13.8 Å². The number of rotatable bonds is 3. The molecule has 0 aliphatic rings. The lowest BCUT2D eigenvalue weighted by molar-refractivity contribution is 0.0490. The van der Waals surface area contributed by atoms with Gasteiger partial charge in [0.25, 0.3) is 0 Å². The molecule has 2 aromatic rings. The molecule has 5 heteroatoms. The second-order valence-corrected chi connectivity index (χ2v) is 4.55. The van der Waals surface area contributed by atoms with Gasteiger partial charge in [0.2, 0.25) is 5.76 Å². The zero-order valence-electron chi connectivity index (χ0n) is 10.1. The summed E-state index contributed by atoms with van der Waals surface area (Å²) in [7, 11) is 0. The Balaban J connectivity index is 2.44. The number of carbonyl (C=O) groups is 1. The molecule has 1 heterocycles. The van der Waals surface area contributed by atoms with Crippen LogP contribution in [0.5, 0.6) is 0 Å². The largest absolute Gasteiger partial charge is 0.460 e. The van der Waals surface area contributed by atoms with Gasteiger partial charge in [-0.3, -0.25) is 0 Å². The van der Waals surface area contributed by atoms with E-state index in [9.17, 15) is 4.79 Å². The van der Waals surface area contributed by atoms with Gasteiger partial charge in [-0.2, -0.15) is 0 Å². The molecule has 0 radical (unpaired) electrons. The zero-order valence-corrected chi connectivity index (χ0v) is 11.7. The van der Waals surface area contributed by atoms with Crippen LogP contribution in [0.15, 0.2) is 33.2 Å². The fraction of sp³-hybridized carbons (Fsp3) is 0.231. The molecule has 0 atom stereocenters. The van der Waals surface area contributed by atoms with Gasteiger partial charge in [-0.05, 0) is 19.1 Å². The average molecular weight is 310 g/mol. The Morgan fingerprint density at radius 1 is 1.39 bits per heavy atom. The van der Waals surface area contributed by atoms with Crippen molar-refractivity contribution in [3.05, 3.63) is 40.4 Å². The van der Waals surface area contributed by atoms with E-state index in [0.717, 1.165) is 10.0 Å². The van der Waals surface area contributed by atoms with Crippen LogP contribution in [0.25, 0.3) is 11.3 Å². The number of carbonyl (C=O) groups excluding carboxylic acids is 1. The second kappa shape index (κ2) is 5.35. The molecule has 1 aromatic carbocycles. The van der Waals surface area contributed by atoms with Crippen LogP contribution < -0.4 is 0 Å². The van der Waals surface area contributed by atoms with E-state index >= 15 is 0 Å². The quantitative estimate of drug-likeness (QED) is 0.813. The van der Waals surface area contributed by atoms with Crippen LogP contribution in [0.4, 0.5) is 0 Å². The van der Waals surface area contributed by atoms with Gasteiger partial charge in [0.1, 0.15) is 5.69 Å². The van der Waals surface area contributed by atoms with Crippen LogP contribution in [0, 0.1) is 6.92 Å². The van der Waals surface area contributed by atoms with E-state index in [-0.39, 0.29) is 5.76 Å². The number of esters is 1. The molecule has 2 rings (SSSR count). The number of halogens is 1. The van der Waals surface area contributed by atoms with Crippen LogP contribution in [0.2, 0.25) is 0 Å². The Morgan fingerprint density at radius 2 is 2.06 bits per heavy atom. The molecule has 0 fully saturated rings. The zero-order chi connectivity index (χ0) is 13.1. The minimum Gasteiger partial charge on any atom is -0.460 e. The van der Waals surface area contributed by atoms with E-state index in [1.165, 1.54) is 0 Å². The minimum atomic E-state index is -0.490. The standard InChI is InChI=1S/C13H12BrNO3/c1-3-17-13(16)12-11(15-8(2)18-12)9-4-6-10(14)7-5-9/h4-7H,3H2,1-2H3. The monoisotopic (exact) mass is 309 g/mol. The summed E-state index contributed by atoms with van der Waals surface area (Å²) in [6.45, 7) is 3.75. The molecule has 0 aliphatic carbocycles. The molecule has 0 N–H and O–H groups in total. The Hall–Kier alpha value is -1.62. The third-order valence-electron chi connectivity index (χ3n) is 2.31. The predicted octanol–water partition coefficient (Wildman–Crippen LogP) is 3.59. The molecule has 0 saturated carbocycles. The smallest absolute Gasteiger partial charge is 0.376 e. The first kappa shape index (κ1) is 12.8. The summed E-state index contributed by atoms with van der Waals surface area (Å²) in [6, 6.07) is 7.50. The number of hydrogen-bond donors (Lipinski definition) is 0. The van der Waals surface area contributed by atoms with Crippen molar-refractivity contribution in [1.29, 1.82) is 0 Å². The molecule has 18 heavy (non-hydrogen) atoms. The van der Waals surface area contributed by atoms with Crippen molar-refractivity contribution in [2.45, 2.75) is 13.8 Å². The van der Waals surface area contributed by atoms with Crippen molar-refractivity contribution < 1.29 is 13.9 Å². The molecule has 0 amide bonds. The lowest BCUT2D eigenvalue weighted by atomic mass is 10.1. The summed E-state index contributed by atoms with van der Waals surface area (Å²) in [4.78, 5) is 16.0. The van der Waals surface area contributed by atoms with Crippen molar-refractivity contribution in [3.8, 4) is 11.3 Å². The Morgan fingerprint density at radius 3 is 2.67 bits per heavy atom. The van der Waals surface area contributed by atoms with Crippen molar-refractivity contribution in [3.63, 3.8) is 0 Å². The fourth-order valence-electron chi connectivity index (χ4n) is 1.57. The number of ether oxygens (including phenoxy) is 1. The lowest BCUT2D eigenvalue weighted by Gasteiger charge is -2.01. The molecular weight excluding hydrogens is 298 g/mol. The highest BCUT2D eigenvalue weighted by atomic mass is 79.9. The third-order valence-corrected chi connectivity index (χ3v) is 2.84. The number of aryl methyl sites for hydroxylation is 1. The van der Waals surface area contributed by atoms with Crippen LogP contribution in [-0.4, -0.2) is 17.6 Å². The lowest BCUT2D eigenvalue weighted by Crippen LogP contribution is -2.04. The molecule has 0 spiro atoms. The number of hydrogen-bond acceptors (Lipinski definition) is 4. The highest BCUT2D eigenvalue weighted by Crippen LogP contribution is 2.26. The van der Waals surface area contributed by atoms with Crippen LogP contribution >= 0.6 is 15.9 Å². The first-order chi connectivity index (χ1) is 8.61. The molecule has 0 saturated heterocycles. The van der Waals surface area contributed by atoms with E-state index in [0.29, 0.717) is 18.2 Å². The summed E-state index contributed by atoms with van der Waals surface area (Å²) in [5.41, 5.74) is 1.33. The van der Waals surface area contributed by atoms with Crippen molar-refractivity contribution >= 4 is 21.9 Å². The molecular formula is C13H12BrNO3. The van der Waals surface area contributed by atoms with Gasteiger partial charge in [0.05, 0.1) is 6.61 Å². The number of oxazole rings is 1. The highest BCUT2D eigenvalue weighted by molar-refractivity contribution is 9.10. The SMILES string of the molecule is CCOC(=O)c1oc(C)nc1-c1ccc(Br)cc1. The van der Waals surface area contributed by atoms with Gasteiger partial charge < -0.3 is 9.15 Å². The minimum absolute atomic E-state index is 0.150. The Kier molecular flexibility index (Phi) is 3.81. The molecule has 94 valence electrons. The topological polar surface area (TPSA) is 52.3 Å². The normalized spacial score (nSPS) is 10.4. The fourth-order valence-corrected chi connectivity index (χ4v) is 1.83. The van der Waals surface area contributed by atoms with Crippen LogP contribution in [0.3, 0.4) is 0 Å². The Bertz CT molecular complexity index is 560. The average Bonchev–Trinajstić information content (AvgIpc) is 2.73. The summed E-state index contributed by atoms with van der Waals surface area (Å²) >= 11 is 3.36. The highest BCUT2D eigenvalue weighted by Gasteiger charge is 2.21. The summed E-state index contributed by atoms with van der Waals surface area (Å²) in [5.74, 6) is 0.101. The van der Waals surface area contributed by atoms with Gasteiger partial charge in [0.15, 0.2) is 5.89 Å². The molecule has 0 unspecified atom stereocenters. The second-order valence-electron chi connectivity index (χ2n) is 3.64. The van der Waals surface area contributed by atoms with Crippen molar-refractivity contribution in [2.24, 2.45) is 0 Å². The maximum atomic E-state index is 11.8. The van der Waals surface area contributed by atoms with Gasteiger partial charge in [-0.15, -0.1) is 0 Å². The third kappa shape index (κ3) is 2.61. The van der Waals surface area contributed by atoms with E-state index in [1.807, 2.05) is 24.3 Å². The summed E-state index contributed by atoms with van der Waals surface area (Å²) in [6.07, 6.45) is 0. The van der Waals surface area contributed by atoms with E-state index in [2.05, 4.69) is 20.9 Å². The number of benzene rings is 1. The van der Waals surface area contributed by atoms with Crippen molar-refractivity contribution in [2.75, 3.05) is 6.61 Å². The van der Waals surface area contributed by atoms with Crippen LogP contribution in [0.1, 0.15) is 23.4 Å². The molecule has 0 bridgehead atoms. The van der Waals surface area contributed by atoms with Gasteiger partial charge in [-0.25, -0.2) is 9.78 Å². The summed E-state index contributed by atoms with van der Waals surface area (Å²) in [5, 5.41) is 0. The Labute approximate surface area is 113 Å².